The average molecular weight is 517 g/mol. The van der Waals surface area contributed by atoms with Crippen LogP contribution in [0.15, 0.2) is 59.7 Å². The van der Waals surface area contributed by atoms with Crippen LogP contribution in [0.1, 0.15) is 28.8 Å². The zero-order valence-electron chi connectivity index (χ0n) is 18.9. The number of nitrogens with zero attached hydrogens (tertiary/aromatic N) is 6. The molecule has 3 N–H and O–H groups in total. The van der Waals surface area contributed by atoms with E-state index in [0.29, 0.717) is 57.2 Å². The van der Waals surface area contributed by atoms with Crippen LogP contribution in [0.5, 0.6) is 0 Å². The molecule has 37 heavy (non-hydrogen) atoms. The summed E-state index contributed by atoms with van der Waals surface area (Å²) in [6, 6.07) is 12.3. The van der Waals surface area contributed by atoms with E-state index in [1.165, 1.54) is 27.7 Å². The molecule has 0 aliphatic carbocycles. The fraction of sp³-hybridized carbons (Fsp3) is 0.125. The molecule has 0 radical (unpaired) electrons. The number of aryl methyl sites for hydroxylation is 1. The number of carbonyl (C=O) groups excluding carboxylic acids is 1. The van der Waals surface area contributed by atoms with Crippen LogP contribution in [0.3, 0.4) is 0 Å². The molecule has 12 nitrogen and oxygen atoms in total. The summed E-state index contributed by atoms with van der Waals surface area (Å²) in [6.45, 7) is 0. The molecule has 1 aliphatic heterocycles. The van der Waals surface area contributed by atoms with Crippen LogP contribution in [0, 0.1) is 0 Å². The van der Waals surface area contributed by atoms with Crippen molar-refractivity contribution in [2.24, 2.45) is 0 Å². The van der Waals surface area contributed by atoms with Crippen LogP contribution < -0.4 is 10.9 Å². The molecule has 0 fully saturated rings. The van der Waals surface area contributed by atoms with Crippen LogP contribution in [0.25, 0.3) is 27.8 Å². The standard InChI is InChI=1S/C24H17ClN8O4/c25-13-1-4-19(32-11-26-30-31-32)15(9-13)17-10-22(34)33-20(5-6-21(33)29-17)23(35)27-14-2-3-16-12(7-14)8-18(28-16)24(36)37/h1-4,7-11,20,28H,5-6H2,(H,27,35)(H,36,37). The number of fused-ring (bicyclic) bond motifs is 2. The molecule has 1 amide bonds. The van der Waals surface area contributed by atoms with E-state index < -0.39 is 12.0 Å². The van der Waals surface area contributed by atoms with Gasteiger partial charge < -0.3 is 15.4 Å². The number of nitrogens with one attached hydrogen (secondary N) is 2. The van der Waals surface area contributed by atoms with Crippen molar-refractivity contribution < 1.29 is 14.7 Å². The molecule has 1 atom stereocenters. The molecule has 1 aliphatic rings. The lowest BCUT2D eigenvalue weighted by atomic mass is 10.1. The van der Waals surface area contributed by atoms with Crippen molar-refractivity contribution in [3.63, 3.8) is 0 Å². The number of amides is 1. The minimum Gasteiger partial charge on any atom is -0.477 e. The molecule has 0 saturated carbocycles. The highest BCUT2D eigenvalue weighted by Gasteiger charge is 2.31. The lowest BCUT2D eigenvalue weighted by molar-refractivity contribution is -0.119. The summed E-state index contributed by atoms with van der Waals surface area (Å²) in [5.41, 5.74) is 2.39. The number of hydrogen-bond donors (Lipinski definition) is 3. The molecule has 1 unspecified atom stereocenters. The van der Waals surface area contributed by atoms with Gasteiger partial charge in [-0.3, -0.25) is 14.2 Å². The molecule has 184 valence electrons. The van der Waals surface area contributed by atoms with Crippen molar-refractivity contribution in [2.75, 3.05) is 5.32 Å². The number of rotatable bonds is 5. The SMILES string of the molecule is O=C(O)c1cc2cc(NC(=O)C3CCc4nc(-c5cc(Cl)ccc5-n5cnnn5)cc(=O)n43)ccc2[nH]1. The third kappa shape index (κ3) is 4.02. The molecule has 0 spiro atoms. The molecule has 0 bridgehead atoms. The zero-order chi connectivity index (χ0) is 25.7. The molecule has 5 aromatic rings. The Kier molecular flexibility index (Phi) is 5.30. The molecule has 13 heteroatoms. The summed E-state index contributed by atoms with van der Waals surface area (Å²) >= 11 is 6.22. The lowest BCUT2D eigenvalue weighted by Gasteiger charge is -2.15. The van der Waals surface area contributed by atoms with Crippen molar-refractivity contribution in [1.29, 1.82) is 0 Å². The van der Waals surface area contributed by atoms with Gasteiger partial charge in [0.1, 0.15) is 23.9 Å². The number of aromatic nitrogens is 7. The van der Waals surface area contributed by atoms with E-state index in [2.05, 4.69) is 30.8 Å². The Morgan fingerprint density at radius 2 is 2.00 bits per heavy atom. The first-order valence-corrected chi connectivity index (χ1v) is 11.6. The van der Waals surface area contributed by atoms with E-state index in [4.69, 9.17) is 11.6 Å². The van der Waals surface area contributed by atoms with Crippen molar-refractivity contribution in [2.45, 2.75) is 18.9 Å². The Morgan fingerprint density at radius 3 is 2.78 bits per heavy atom. The molecule has 4 heterocycles. The van der Waals surface area contributed by atoms with Gasteiger partial charge in [-0.15, -0.1) is 5.10 Å². The number of carboxylic acids is 1. The van der Waals surface area contributed by atoms with Crippen molar-refractivity contribution in [1.82, 2.24) is 34.7 Å². The second-order valence-corrected chi connectivity index (χ2v) is 8.95. The summed E-state index contributed by atoms with van der Waals surface area (Å²) in [5.74, 6) is -0.947. The van der Waals surface area contributed by atoms with Crippen molar-refractivity contribution in [3.8, 4) is 16.9 Å². The van der Waals surface area contributed by atoms with Gasteiger partial charge in [0.05, 0.1) is 11.4 Å². The van der Waals surface area contributed by atoms with Crippen molar-refractivity contribution in [3.05, 3.63) is 81.8 Å². The number of halogens is 1. The van der Waals surface area contributed by atoms with Gasteiger partial charge in [-0.2, -0.15) is 4.68 Å². The first-order chi connectivity index (χ1) is 17.9. The number of aromatic amines is 1. The summed E-state index contributed by atoms with van der Waals surface area (Å²) in [7, 11) is 0. The van der Waals surface area contributed by atoms with Crippen LogP contribution in [-0.2, 0) is 11.2 Å². The summed E-state index contributed by atoms with van der Waals surface area (Å²) in [5, 5.41) is 24.4. The minimum atomic E-state index is -1.07. The largest absolute Gasteiger partial charge is 0.477 e. The highest BCUT2D eigenvalue weighted by Crippen LogP contribution is 2.31. The topological polar surface area (TPSA) is 161 Å². The Morgan fingerprint density at radius 1 is 1.14 bits per heavy atom. The smallest absolute Gasteiger partial charge is 0.352 e. The fourth-order valence-corrected chi connectivity index (χ4v) is 4.74. The predicted molar refractivity (Wildman–Crippen MR) is 133 cm³/mol. The van der Waals surface area contributed by atoms with E-state index >= 15 is 0 Å². The number of tetrazole rings is 1. The van der Waals surface area contributed by atoms with E-state index in [1.54, 1.807) is 36.4 Å². The monoisotopic (exact) mass is 516 g/mol. The van der Waals surface area contributed by atoms with E-state index in [0.717, 1.165) is 0 Å². The minimum absolute atomic E-state index is 0.0552. The molecule has 6 rings (SSSR count). The Hall–Kier alpha value is -4.84. The normalized spacial score (nSPS) is 14.6. The second kappa shape index (κ2) is 8.68. The fourth-order valence-electron chi connectivity index (χ4n) is 4.57. The third-order valence-electron chi connectivity index (χ3n) is 6.23. The number of H-pyrrole nitrogens is 1. The number of carbonyl (C=O) groups is 2. The maximum Gasteiger partial charge on any atom is 0.352 e. The van der Waals surface area contributed by atoms with Crippen LogP contribution in [-0.4, -0.2) is 51.7 Å². The first kappa shape index (κ1) is 22.6. The molecular weight excluding hydrogens is 500 g/mol. The summed E-state index contributed by atoms with van der Waals surface area (Å²) in [6.07, 6.45) is 2.27. The molecule has 3 aromatic heterocycles. The number of benzene rings is 2. The Labute approximate surface area is 212 Å². The molecule has 0 saturated heterocycles. The summed E-state index contributed by atoms with van der Waals surface area (Å²) < 4.78 is 2.85. The molecular formula is C24H17ClN8O4. The van der Waals surface area contributed by atoms with Crippen LogP contribution >= 0.6 is 11.6 Å². The Balaban J connectivity index is 1.31. The number of anilines is 1. The van der Waals surface area contributed by atoms with Gasteiger partial charge in [0, 0.05) is 39.7 Å². The van der Waals surface area contributed by atoms with Gasteiger partial charge in [0.2, 0.25) is 5.91 Å². The average Bonchev–Trinajstić information content (AvgIpc) is 3.63. The van der Waals surface area contributed by atoms with Gasteiger partial charge in [0.25, 0.3) is 5.56 Å². The van der Waals surface area contributed by atoms with Gasteiger partial charge >= 0.3 is 5.97 Å². The Bertz CT molecular complexity index is 1760. The number of hydrogen-bond acceptors (Lipinski definition) is 7. The van der Waals surface area contributed by atoms with Gasteiger partial charge in [-0.25, -0.2) is 9.78 Å². The quantitative estimate of drug-likeness (QED) is 0.321. The van der Waals surface area contributed by atoms with Crippen molar-refractivity contribution >= 4 is 40.1 Å². The third-order valence-corrected chi connectivity index (χ3v) is 6.47. The maximum atomic E-state index is 13.2. The second-order valence-electron chi connectivity index (χ2n) is 8.52. The van der Waals surface area contributed by atoms with E-state index in [1.807, 2.05) is 0 Å². The van der Waals surface area contributed by atoms with Gasteiger partial charge in [0.15, 0.2) is 0 Å². The highest BCUT2D eigenvalue weighted by atomic mass is 35.5. The zero-order valence-corrected chi connectivity index (χ0v) is 19.7. The first-order valence-electron chi connectivity index (χ1n) is 11.2. The van der Waals surface area contributed by atoms with Crippen LogP contribution in [0.4, 0.5) is 5.69 Å². The maximum absolute atomic E-state index is 13.2. The number of carboxylic acid groups (broad SMARTS) is 1. The van der Waals surface area contributed by atoms with Gasteiger partial charge in [-0.1, -0.05) is 11.6 Å². The summed E-state index contributed by atoms with van der Waals surface area (Å²) in [4.78, 5) is 45.0. The van der Waals surface area contributed by atoms with Crippen LogP contribution in [0.2, 0.25) is 5.02 Å². The predicted octanol–water partition coefficient (Wildman–Crippen LogP) is 2.84. The lowest BCUT2D eigenvalue weighted by Crippen LogP contribution is -2.31. The van der Waals surface area contributed by atoms with E-state index in [9.17, 15) is 19.5 Å². The molecule has 2 aromatic carbocycles. The highest BCUT2D eigenvalue weighted by molar-refractivity contribution is 6.31. The number of aromatic carboxylic acids is 1. The van der Waals surface area contributed by atoms with E-state index in [-0.39, 0.29) is 17.2 Å². The van der Waals surface area contributed by atoms with Gasteiger partial charge in [-0.05, 0) is 59.3 Å².